The van der Waals surface area contributed by atoms with Gasteiger partial charge in [0.2, 0.25) is 0 Å². The van der Waals surface area contributed by atoms with Gasteiger partial charge in [0.05, 0.1) is 5.75 Å². The van der Waals surface area contributed by atoms with E-state index in [-0.39, 0.29) is 5.75 Å². The van der Waals surface area contributed by atoms with Crippen LogP contribution in [-0.2, 0) is 9.84 Å². The summed E-state index contributed by atoms with van der Waals surface area (Å²) in [5.41, 5.74) is 0. The summed E-state index contributed by atoms with van der Waals surface area (Å²) in [6.45, 7) is 9.41. The molecule has 1 aliphatic heterocycles. The molecule has 0 amide bonds. The van der Waals surface area contributed by atoms with E-state index in [1.807, 2.05) is 0 Å². The lowest BCUT2D eigenvalue weighted by molar-refractivity contribution is 0.0860. The first-order valence-corrected chi connectivity index (χ1v) is 10.5. The maximum atomic E-state index is 11.7. The van der Waals surface area contributed by atoms with E-state index >= 15 is 0 Å². The molecular weight excluding hydrogens is 284 g/mol. The number of piperazine rings is 1. The molecule has 1 saturated carbocycles. The van der Waals surface area contributed by atoms with Gasteiger partial charge >= 0.3 is 0 Å². The van der Waals surface area contributed by atoms with Crippen molar-refractivity contribution in [3.63, 3.8) is 0 Å². The van der Waals surface area contributed by atoms with Crippen LogP contribution in [0.25, 0.3) is 0 Å². The highest BCUT2D eigenvalue weighted by Crippen LogP contribution is 2.35. The minimum atomic E-state index is -2.82. The maximum absolute atomic E-state index is 11.7. The summed E-state index contributed by atoms with van der Waals surface area (Å²) in [5.74, 6) is 2.15. The fraction of sp³-hybridized carbons (Fsp3) is 1.00. The minimum Gasteiger partial charge on any atom is -0.311 e. The zero-order valence-corrected chi connectivity index (χ0v) is 14.7. The molecule has 1 heterocycles. The Bertz CT molecular complexity index is 420. The van der Waals surface area contributed by atoms with Crippen molar-refractivity contribution in [2.75, 3.05) is 31.1 Å². The monoisotopic (exact) mass is 316 g/mol. The van der Waals surface area contributed by atoms with Crippen molar-refractivity contribution >= 4 is 9.84 Å². The molecule has 2 fully saturated rings. The van der Waals surface area contributed by atoms with Crippen LogP contribution in [0.3, 0.4) is 0 Å². The third kappa shape index (κ3) is 4.93. The van der Waals surface area contributed by atoms with E-state index in [9.17, 15) is 8.42 Å². The normalized spacial score (nSPS) is 29.5. The molecule has 0 spiro atoms. The number of sulfone groups is 1. The molecule has 1 N–H and O–H groups in total. The average molecular weight is 317 g/mol. The van der Waals surface area contributed by atoms with E-state index < -0.39 is 9.84 Å². The molecule has 0 aromatic rings. The SMILES string of the molecule is CCC(C)C1CNC(C2CC2)CN1CCCS(=O)(=O)CC. The summed E-state index contributed by atoms with van der Waals surface area (Å²) in [7, 11) is -2.82. The lowest BCUT2D eigenvalue weighted by Crippen LogP contribution is -2.59. The van der Waals surface area contributed by atoms with Crippen molar-refractivity contribution < 1.29 is 8.42 Å². The Balaban J connectivity index is 1.89. The van der Waals surface area contributed by atoms with Crippen molar-refractivity contribution in [1.29, 1.82) is 0 Å². The predicted molar refractivity (Wildman–Crippen MR) is 88.3 cm³/mol. The van der Waals surface area contributed by atoms with Crippen LogP contribution >= 0.6 is 0 Å². The lowest BCUT2D eigenvalue weighted by Gasteiger charge is -2.43. The van der Waals surface area contributed by atoms with Gasteiger partial charge in [0, 0.05) is 30.9 Å². The van der Waals surface area contributed by atoms with E-state index in [1.54, 1.807) is 6.92 Å². The molecule has 3 atom stereocenters. The summed E-state index contributed by atoms with van der Waals surface area (Å²) in [6.07, 6.45) is 4.69. The Morgan fingerprint density at radius 2 is 2.00 bits per heavy atom. The number of nitrogens with zero attached hydrogens (tertiary/aromatic N) is 1. The molecule has 0 bridgehead atoms. The fourth-order valence-corrected chi connectivity index (χ4v) is 4.25. The van der Waals surface area contributed by atoms with Gasteiger partial charge in [-0.3, -0.25) is 4.90 Å². The Kier molecular flexibility index (Phi) is 6.09. The van der Waals surface area contributed by atoms with Crippen LogP contribution in [-0.4, -0.2) is 56.5 Å². The zero-order chi connectivity index (χ0) is 15.5. The number of rotatable bonds is 8. The molecule has 21 heavy (non-hydrogen) atoms. The van der Waals surface area contributed by atoms with E-state index in [0.717, 1.165) is 32.0 Å². The quantitative estimate of drug-likeness (QED) is 0.743. The van der Waals surface area contributed by atoms with Gasteiger partial charge in [-0.25, -0.2) is 8.42 Å². The highest BCUT2D eigenvalue weighted by molar-refractivity contribution is 7.91. The standard InChI is InChI=1S/C16H32N2O2S/c1-4-13(3)16-11-17-15(14-7-8-14)12-18(16)9-6-10-21(19,20)5-2/h13-17H,4-12H2,1-3H3. The van der Waals surface area contributed by atoms with Crippen LogP contribution in [0.15, 0.2) is 0 Å². The largest absolute Gasteiger partial charge is 0.311 e. The van der Waals surface area contributed by atoms with Gasteiger partial charge in [0.15, 0.2) is 0 Å². The van der Waals surface area contributed by atoms with Gasteiger partial charge in [-0.2, -0.15) is 0 Å². The molecule has 124 valence electrons. The molecule has 2 rings (SSSR count). The van der Waals surface area contributed by atoms with Crippen molar-refractivity contribution in [2.45, 2.75) is 58.5 Å². The molecule has 3 unspecified atom stereocenters. The number of nitrogens with one attached hydrogen (secondary N) is 1. The second-order valence-corrected chi connectivity index (χ2v) is 9.36. The van der Waals surface area contributed by atoms with Crippen LogP contribution in [0.5, 0.6) is 0 Å². The third-order valence-corrected chi connectivity index (χ3v) is 7.11. The predicted octanol–water partition coefficient (Wildman–Crippen LogP) is 1.91. The molecule has 0 radical (unpaired) electrons. The minimum absolute atomic E-state index is 0.272. The summed E-state index contributed by atoms with van der Waals surface area (Å²) < 4.78 is 23.3. The second kappa shape index (κ2) is 7.42. The van der Waals surface area contributed by atoms with E-state index in [2.05, 4.69) is 24.1 Å². The summed E-state index contributed by atoms with van der Waals surface area (Å²) in [4.78, 5) is 2.57. The molecule has 4 nitrogen and oxygen atoms in total. The Labute approximate surface area is 130 Å². The van der Waals surface area contributed by atoms with Crippen molar-refractivity contribution in [3.05, 3.63) is 0 Å². The summed E-state index contributed by atoms with van der Waals surface area (Å²) in [6, 6.07) is 1.20. The van der Waals surface area contributed by atoms with Crippen LogP contribution in [0, 0.1) is 11.8 Å². The summed E-state index contributed by atoms with van der Waals surface area (Å²) >= 11 is 0. The first-order chi connectivity index (χ1) is 9.96. The second-order valence-electron chi connectivity index (χ2n) is 6.89. The Hall–Kier alpha value is -0.130. The first kappa shape index (κ1) is 17.2. The van der Waals surface area contributed by atoms with Gasteiger partial charge in [-0.1, -0.05) is 27.2 Å². The van der Waals surface area contributed by atoms with Gasteiger partial charge < -0.3 is 5.32 Å². The molecule has 1 aliphatic carbocycles. The van der Waals surface area contributed by atoms with E-state index in [1.165, 1.54) is 19.3 Å². The zero-order valence-electron chi connectivity index (χ0n) is 13.8. The van der Waals surface area contributed by atoms with Gasteiger partial charge in [0.1, 0.15) is 9.84 Å². The lowest BCUT2D eigenvalue weighted by atomic mass is 9.93. The van der Waals surface area contributed by atoms with Gasteiger partial charge in [0.25, 0.3) is 0 Å². The van der Waals surface area contributed by atoms with Crippen LogP contribution in [0.2, 0.25) is 0 Å². The topological polar surface area (TPSA) is 49.4 Å². The molecule has 5 heteroatoms. The maximum Gasteiger partial charge on any atom is 0.150 e. The van der Waals surface area contributed by atoms with E-state index in [0.29, 0.717) is 23.8 Å². The molecular formula is C16H32N2O2S. The van der Waals surface area contributed by atoms with Gasteiger partial charge in [-0.15, -0.1) is 0 Å². The smallest absolute Gasteiger partial charge is 0.150 e. The van der Waals surface area contributed by atoms with Crippen molar-refractivity contribution in [3.8, 4) is 0 Å². The van der Waals surface area contributed by atoms with Crippen LogP contribution in [0.1, 0.15) is 46.5 Å². The highest BCUT2D eigenvalue weighted by atomic mass is 32.2. The van der Waals surface area contributed by atoms with Gasteiger partial charge in [-0.05, 0) is 37.6 Å². The first-order valence-electron chi connectivity index (χ1n) is 8.64. The molecule has 0 aromatic heterocycles. The van der Waals surface area contributed by atoms with Crippen LogP contribution in [0.4, 0.5) is 0 Å². The fourth-order valence-electron chi connectivity index (χ4n) is 3.39. The highest BCUT2D eigenvalue weighted by Gasteiger charge is 2.38. The van der Waals surface area contributed by atoms with Crippen molar-refractivity contribution in [2.24, 2.45) is 11.8 Å². The van der Waals surface area contributed by atoms with Crippen LogP contribution < -0.4 is 5.32 Å². The molecule has 0 aromatic carbocycles. The average Bonchev–Trinajstić information content (AvgIpc) is 3.31. The molecule has 1 saturated heterocycles. The number of hydrogen-bond donors (Lipinski definition) is 1. The molecule has 2 aliphatic rings. The Morgan fingerprint density at radius 3 is 2.57 bits per heavy atom. The third-order valence-electron chi connectivity index (χ3n) is 5.32. The Morgan fingerprint density at radius 1 is 1.29 bits per heavy atom. The number of hydrogen-bond acceptors (Lipinski definition) is 4. The van der Waals surface area contributed by atoms with Crippen molar-refractivity contribution in [1.82, 2.24) is 10.2 Å². The summed E-state index contributed by atoms with van der Waals surface area (Å²) in [5, 5.41) is 3.73. The van der Waals surface area contributed by atoms with E-state index in [4.69, 9.17) is 0 Å².